The second-order valence-electron chi connectivity index (χ2n) is 5.32. The number of carbonyl (C=O) groups excluding carboxylic acids is 1. The third-order valence-electron chi connectivity index (χ3n) is 3.61. The van der Waals surface area contributed by atoms with E-state index in [9.17, 15) is 14.4 Å². The molecule has 2 aromatic rings. The summed E-state index contributed by atoms with van der Waals surface area (Å²) in [6, 6.07) is 7.53. The Balaban J connectivity index is 2.00. The van der Waals surface area contributed by atoms with Crippen LogP contribution in [0.5, 0.6) is 0 Å². The Morgan fingerprint density at radius 3 is 2.61 bits per heavy atom. The van der Waals surface area contributed by atoms with Crippen LogP contribution in [0, 0.1) is 6.92 Å². The molecule has 0 aliphatic rings. The van der Waals surface area contributed by atoms with Gasteiger partial charge in [0.25, 0.3) is 5.56 Å². The zero-order chi connectivity index (χ0) is 17.0. The minimum atomic E-state index is -0.539. The van der Waals surface area contributed by atoms with Gasteiger partial charge in [-0.25, -0.2) is 4.79 Å². The maximum Gasteiger partial charge on any atom is 0.325 e. The molecular weight excluding hydrogens is 362 g/mol. The van der Waals surface area contributed by atoms with Crippen LogP contribution in [-0.4, -0.2) is 15.9 Å². The van der Waals surface area contributed by atoms with Gasteiger partial charge in [-0.05, 0) is 31.9 Å². The van der Waals surface area contributed by atoms with E-state index in [1.54, 1.807) is 6.92 Å². The molecule has 1 atom stereocenters. The van der Waals surface area contributed by atoms with Crippen LogP contribution in [0.25, 0.3) is 0 Å². The van der Waals surface area contributed by atoms with Crippen LogP contribution in [0.2, 0.25) is 0 Å². The van der Waals surface area contributed by atoms with Crippen molar-refractivity contribution < 1.29 is 4.79 Å². The van der Waals surface area contributed by atoms with E-state index in [1.807, 2.05) is 31.2 Å². The zero-order valence-electron chi connectivity index (χ0n) is 12.9. The maximum atomic E-state index is 12.1. The fourth-order valence-electron chi connectivity index (χ4n) is 2.38. The molecule has 122 valence electrons. The third kappa shape index (κ3) is 4.41. The summed E-state index contributed by atoms with van der Waals surface area (Å²) in [7, 11) is 0. The molecule has 0 aliphatic carbocycles. The summed E-state index contributed by atoms with van der Waals surface area (Å²) in [6.07, 6.45) is 0.442. The molecular formula is C16H18BrN3O3. The molecule has 1 aromatic carbocycles. The van der Waals surface area contributed by atoms with E-state index >= 15 is 0 Å². The molecule has 1 amide bonds. The molecule has 23 heavy (non-hydrogen) atoms. The van der Waals surface area contributed by atoms with Crippen LogP contribution in [0.15, 0.2) is 38.3 Å². The second-order valence-corrected chi connectivity index (χ2v) is 6.18. The number of rotatable bonds is 5. The van der Waals surface area contributed by atoms with E-state index in [0.717, 1.165) is 10.0 Å². The number of aromatic amines is 2. The zero-order valence-corrected chi connectivity index (χ0v) is 14.5. The van der Waals surface area contributed by atoms with Crippen molar-refractivity contribution in [3.8, 4) is 0 Å². The lowest BCUT2D eigenvalue weighted by molar-refractivity contribution is -0.121. The molecule has 0 saturated heterocycles. The van der Waals surface area contributed by atoms with Gasteiger partial charge in [0.2, 0.25) is 5.91 Å². The standard InChI is InChI=1S/C16H18BrN3O3/c1-9(11-5-3-4-6-13(11)17)18-14(21)8-7-12-10(2)19-16(23)20-15(12)22/h3-6,9H,7-8H2,1-2H3,(H,18,21)(H2,19,20,22,23). The van der Waals surface area contributed by atoms with Crippen LogP contribution >= 0.6 is 15.9 Å². The SMILES string of the molecule is Cc1[nH]c(=O)[nH]c(=O)c1CCC(=O)NC(C)c1ccccc1Br. The highest BCUT2D eigenvalue weighted by Gasteiger charge is 2.13. The van der Waals surface area contributed by atoms with E-state index in [-0.39, 0.29) is 24.8 Å². The smallest absolute Gasteiger partial charge is 0.325 e. The van der Waals surface area contributed by atoms with Crippen molar-refractivity contribution >= 4 is 21.8 Å². The molecule has 3 N–H and O–H groups in total. The van der Waals surface area contributed by atoms with Crippen molar-refractivity contribution in [1.82, 2.24) is 15.3 Å². The maximum absolute atomic E-state index is 12.1. The first-order valence-corrected chi connectivity index (χ1v) is 8.03. The Morgan fingerprint density at radius 1 is 1.26 bits per heavy atom. The first-order chi connectivity index (χ1) is 10.9. The number of carbonyl (C=O) groups is 1. The third-order valence-corrected chi connectivity index (χ3v) is 4.33. The average Bonchev–Trinajstić information content (AvgIpc) is 2.46. The van der Waals surface area contributed by atoms with Crippen LogP contribution in [-0.2, 0) is 11.2 Å². The van der Waals surface area contributed by atoms with Gasteiger partial charge in [0.05, 0.1) is 6.04 Å². The monoisotopic (exact) mass is 379 g/mol. The lowest BCUT2D eigenvalue weighted by atomic mass is 10.1. The topological polar surface area (TPSA) is 94.8 Å². The summed E-state index contributed by atoms with van der Waals surface area (Å²) in [5, 5.41) is 2.90. The molecule has 1 heterocycles. The average molecular weight is 380 g/mol. The summed E-state index contributed by atoms with van der Waals surface area (Å²) >= 11 is 3.46. The molecule has 0 fully saturated rings. The number of hydrogen-bond acceptors (Lipinski definition) is 3. The van der Waals surface area contributed by atoms with E-state index in [2.05, 4.69) is 31.2 Å². The highest BCUT2D eigenvalue weighted by molar-refractivity contribution is 9.10. The molecule has 0 aliphatic heterocycles. The van der Waals surface area contributed by atoms with Crippen molar-refractivity contribution in [2.45, 2.75) is 32.7 Å². The summed E-state index contributed by atoms with van der Waals surface area (Å²) < 4.78 is 0.931. The van der Waals surface area contributed by atoms with Crippen molar-refractivity contribution in [3.05, 3.63) is 66.4 Å². The fourth-order valence-corrected chi connectivity index (χ4v) is 3.01. The van der Waals surface area contributed by atoms with Crippen LogP contribution in [0.3, 0.4) is 0 Å². The summed E-state index contributed by atoms with van der Waals surface area (Å²) in [6.45, 7) is 3.55. The van der Waals surface area contributed by atoms with Gasteiger partial charge < -0.3 is 10.3 Å². The fraction of sp³-hybridized carbons (Fsp3) is 0.312. The molecule has 0 bridgehead atoms. The Labute approximate surface area is 141 Å². The van der Waals surface area contributed by atoms with Gasteiger partial charge in [-0.2, -0.15) is 0 Å². The van der Waals surface area contributed by atoms with E-state index < -0.39 is 11.2 Å². The Morgan fingerprint density at radius 2 is 1.96 bits per heavy atom. The molecule has 0 radical (unpaired) electrons. The van der Waals surface area contributed by atoms with Gasteiger partial charge in [-0.15, -0.1) is 0 Å². The molecule has 0 spiro atoms. The van der Waals surface area contributed by atoms with Crippen molar-refractivity contribution in [2.24, 2.45) is 0 Å². The number of aromatic nitrogens is 2. The van der Waals surface area contributed by atoms with Crippen molar-refractivity contribution in [3.63, 3.8) is 0 Å². The van der Waals surface area contributed by atoms with Gasteiger partial charge in [-0.3, -0.25) is 14.6 Å². The molecule has 1 aromatic heterocycles. The normalized spacial score (nSPS) is 12.0. The highest BCUT2D eigenvalue weighted by Crippen LogP contribution is 2.22. The van der Waals surface area contributed by atoms with Crippen LogP contribution in [0.1, 0.15) is 36.2 Å². The molecule has 1 unspecified atom stereocenters. The quantitative estimate of drug-likeness (QED) is 0.740. The number of amides is 1. The van der Waals surface area contributed by atoms with Crippen molar-refractivity contribution in [1.29, 1.82) is 0 Å². The molecule has 2 rings (SSSR count). The van der Waals surface area contributed by atoms with E-state index in [0.29, 0.717) is 11.3 Å². The lowest BCUT2D eigenvalue weighted by Crippen LogP contribution is -2.30. The van der Waals surface area contributed by atoms with Gasteiger partial charge in [-0.1, -0.05) is 34.1 Å². The van der Waals surface area contributed by atoms with Gasteiger partial charge >= 0.3 is 5.69 Å². The van der Waals surface area contributed by atoms with E-state index in [4.69, 9.17) is 0 Å². The van der Waals surface area contributed by atoms with Gasteiger partial charge in [0.15, 0.2) is 0 Å². The Kier molecular flexibility index (Phi) is 5.54. The van der Waals surface area contributed by atoms with Gasteiger partial charge in [0.1, 0.15) is 0 Å². The van der Waals surface area contributed by atoms with Crippen molar-refractivity contribution in [2.75, 3.05) is 0 Å². The Hall–Kier alpha value is -2.15. The second kappa shape index (κ2) is 7.41. The summed E-state index contributed by atoms with van der Waals surface area (Å²) in [4.78, 5) is 39.7. The van der Waals surface area contributed by atoms with Crippen LogP contribution < -0.4 is 16.6 Å². The number of H-pyrrole nitrogens is 2. The minimum absolute atomic E-state index is 0.145. The minimum Gasteiger partial charge on any atom is -0.350 e. The number of aryl methyl sites for hydroxylation is 1. The largest absolute Gasteiger partial charge is 0.350 e. The molecule has 7 heteroatoms. The van der Waals surface area contributed by atoms with E-state index in [1.165, 1.54) is 0 Å². The summed E-state index contributed by atoms with van der Waals surface area (Å²) in [5.41, 5.74) is 0.916. The number of hydrogen-bond donors (Lipinski definition) is 3. The summed E-state index contributed by atoms with van der Waals surface area (Å²) in [5.74, 6) is -0.154. The first-order valence-electron chi connectivity index (χ1n) is 7.24. The predicted molar refractivity (Wildman–Crippen MR) is 91.4 cm³/mol. The number of halogens is 1. The number of benzene rings is 1. The first kappa shape index (κ1) is 17.2. The highest BCUT2D eigenvalue weighted by atomic mass is 79.9. The molecule has 0 saturated carbocycles. The lowest BCUT2D eigenvalue weighted by Gasteiger charge is -2.16. The molecule has 6 nitrogen and oxygen atoms in total. The predicted octanol–water partition coefficient (Wildman–Crippen LogP) is 1.94. The number of nitrogens with one attached hydrogen (secondary N) is 3. The Bertz CT molecular complexity index is 826. The van der Waals surface area contributed by atoms with Gasteiger partial charge in [0, 0.05) is 22.2 Å². The van der Waals surface area contributed by atoms with Crippen LogP contribution in [0.4, 0.5) is 0 Å².